The van der Waals surface area contributed by atoms with E-state index in [0.29, 0.717) is 13.2 Å². The molecule has 256 valence electrons. The maximum atomic E-state index is 10.4. The molecule has 0 aromatic carbocycles. The second kappa shape index (κ2) is 18.3. The first-order chi connectivity index (χ1) is 21.1. The maximum absolute atomic E-state index is 10.4. The number of ether oxygens (including phenoxy) is 6. The van der Waals surface area contributed by atoms with Gasteiger partial charge < -0.3 is 38.0 Å². The van der Waals surface area contributed by atoms with Gasteiger partial charge in [0.05, 0.1) is 24.9 Å². The lowest BCUT2D eigenvalue weighted by Crippen LogP contribution is -2.44. The molecule has 4 unspecified atom stereocenters. The van der Waals surface area contributed by atoms with Crippen molar-refractivity contribution in [3.63, 3.8) is 0 Å². The molecule has 4 aliphatic rings. The maximum Gasteiger partial charge on any atom is 0.191 e. The zero-order valence-electron chi connectivity index (χ0n) is 28.5. The van der Waals surface area contributed by atoms with E-state index < -0.39 is 14.4 Å². The summed E-state index contributed by atoms with van der Waals surface area (Å²) in [5, 5.41) is 10.6. The van der Waals surface area contributed by atoms with Crippen molar-refractivity contribution in [3.8, 4) is 0 Å². The second-order valence-electron chi connectivity index (χ2n) is 15.0. The van der Waals surface area contributed by atoms with Gasteiger partial charge in [-0.2, -0.15) is 0 Å². The van der Waals surface area contributed by atoms with Crippen molar-refractivity contribution in [1.82, 2.24) is 0 Å². The summed E-state index contributed by atoms with van der Waals surface area (Å²) in [7, 11) is -1.94. The fourth-order valence-electron chi connectivity index (χ4n) is 6.54. The summed E-state index contributed by atoms with van der Waals surface area (Å²) in [6, 6.07) is 0. The van der Waals surface area contributed by atoms with Gasteiger partial charge in [-0.1, -0.05) is 32.9 Å². The highest BCUT2D eigenvalue weighted by Gasteiger charge is 2.48. The third kappa shape index (κ3) is 11.7. The zero-order valence-corrected chi connectivity index (χ0v) is 29.5. The second-order valence-corrected chi connectivity index (χ2v) is 19.8. The molecule has 1 aliphatic carbocycles. The predicted octanol–water partition coefficient (Wildman–Crippen LogP) is 7.49. The topological polar surface area (TPSA) is 84.8 Å². The largest absolute Gasteiger partial charge is 0.416 e. The van der Waals surface area contributed by atoms with E-state index in [1.54, 1.807) is 0 Å². The molecule has 3 saturated heterocycles. The van der Waals surface area contributed by atoms with Gasteiger partial charge in [0.2, 0.25) is 0 Å². The fourth-order valence-corrected chi connectivity index (χ4v) is 7.58. The molecule has 0 amide bonds. The molecule has 8 atom stereocenters. The molecule has 44 heavy (non-hydrogen) atoms. The lowest BCUT2D eigenvalue weighted by molar-refractivity contribution is -0.204. The first-order valence-corrected chi connectivity index (χ1v) is 20.8. The molecule has 0 radical (unpaired) electrons. The van der Waals surface area contributed by atoms with Crippen LogP contribution in [0.5, 0.6) is 0 Å². The average molecular weight is 641 g/mol. The van der Waals surface area contributed by atoms with Crippen molar-refractivity contribution in [2.45, 2.75) is 166 Å². The van der Waals surface area contributed by atoms with Gasteiger partial charge in [0, 0.05) is 38.8 Å². The van der Waals surface area contributed by atoms with Gasteiger partial charge in [-0.15, -0.1) is 0 Å². The Hall–Kier alpha value is -0.363. The van der Waals surface area contributed by atoms with E-state index in [2.05, 4.69) is 46.0 Å². The fraction of sp³-hybridized carbons (Fsp3) is 0.943. The van der Waals surface area contributed by atoms with Crippen molar-refractivity contribution in [3.05, 3.63) is 12.2 Å². The normalized spacial score (nSPS) is 33.2. The van der Waals surface area contributed by atoms with E-state index in [4.69, 9.17) is 32.8 Å². The molecule has 0 bridgehead atoms. The van der Waals surface area contributed by atoms with Gasteiger partial charge >= 0.3 is 0 Å². The molecule has 4 fully saturated rings. The summed E-state index contributed by atoms with van der Waals surface area (Å²) in [5.41, 5.74) is 0. The highest BCUT2D eigenvalue weighted by Crippen LogP contribution is 2.43. The van der Waals surface area contributed by atoms with E-state index in [-0.39, 0.29) is 48.0 Å². The average Bonchev–Trinajstić information content (AvgIpc) is 3.32. The molecule has 8 nitrogen and oxygen atoms in total. The molecule has 0 aromatic rings. The molecule has 1 N–H and O–H groups in total. The van der Waals surface area contributed by atoms with Crippen LogP contribution in [0.3, 0.4) is 0 Å². The van der Waals surface area contributed by atoms with Crippen LogP contribution in [0, 0.1) is 11.8 Å². The van der Waals surface area contributed by atoms with Crippen LogP contribution in [-0.2, 0) is 32.8 Å². The minimum atomic E-state index is -1.94. The van der Waals surface area contributed by atoms with Gasteiger partial charge in [-0.05, 0) is 108 Å². The van der Waals surface area contributed by atoms with Crippen LogP contribution >= 0.6 is 0 Å². The molecule has 0 spiro atoms. The van der Waals surface area contributed by atoms with Crippen LogP contribution in [0.4, 0.5) is 0 Å². The Balaban J connectivity index is 1.35. The van der Waals surface area contributed by atoms with Crippen molar-refractivity contribution in [1.29, 1.82) is 0 Å². The molecule has 0 aromatic heterocycles. The minimum Gasteiger partial charge on any atom is -0.416 e. The van der Waals surface area contributed by atoms with Crippen LogP contribution in [0.25, 0.3) is 0 Å². The third-order valence-electron chi connectivity index (χ3n) is 10.4. The van der Waals surface area contributed by atoms with E-state index in [1.807, 2.05) is 0 Å². The first-order valence-electron chi connectivity index (χ1n) is 17.9. The standard InChI is InChI=1S/C35H64O8Si/c1-35(2,3)44(4,5)41-26-29-28(17-9-7-6-8-16-27(36)25-40-32-18-10-13-21-37-32)30(42-33-19-11-14-22-38-33)24-31(29)43-34-20-12-15-23-39-34/h7,9,27-34,36H,6,8,10-26H2,1-5H3/b9-7-/t27?,28-,29-,30+,31-,32?,33?,34?/m1/s1. The van der Waals surface area contributed by atoms with Crippen molar-refractivity contribution >= 4 is 8.32 Å². The van der Waals surface area contributed by atoms with Gasteiger partial charge in [0.1, 0.15) is 0 Å². The Kier molecular flexibility index (Phi) is 15.1. The number of aliphatic hydroxyl groups is 1. The third-order valence-corrected chi connectivity index (χ3v) is 14.9. The Morgan fingerprint density at radius 3 is 1.91 bits per heavy atom. The highest BCUT2D eigenvalue weighted by molar-refractivity contribution is 6.74. The number of allylic oxidation sites excluding steroid dienone is 2. The van der Waals surface area contributed by atoms with Gasteiger partial charge in [0.15, 0.2) is 27.2 Å². The molecule has 3 aliphatic heterocycles. The summed E-state index contributed by atoms with van der Waals surface area (Å²) in [5.74, 6) is 0.512. The SMILES string of the molecule is CC(C)(C)[Si](C)(C)OC[C@@H]1[C@@H](C/C=C\CCCC(O)COC2CCCCO2)[C@@H](OC2CCCCO2)C[C@H]1OC1CCCCO1. The van der Waals surface area contributed by atoms with E-state index in [0.717, 1.165) is 110 Å². The Morgan fingerprint density at radius 1 is 0.795 bits per heavy atom. The molecule has 4 rings (SSSR count). The Morgan fingerprint density at radius 2 is 1.36 bits per heavy atom. The van der Waals surface area contributed by atoms with Crippen LogP contribution in [0.15, 0.2) is 12.2 Å². The minimum absolute atomic E-state index is 0.0400. The Labute approximate surface area is 269 Å². The summed E-state index contributed by atoms with van der Waals surface area (Å²) in [6.45, 7) is 14.9. The number of rotatable bonds is 16. The van der Waals surface area contributed by atoms with Crippen LogP contribution < -0.4 is 0 Å². The zero-order chi connectivity index (χ0) is 31.4. The van der Waals surface area contributed by atoms with Crippen LogP contribution in [-0.4, -0.2) is 83.6 Å². The van der Waals surface area contributed by atoms with Crippen LogP contribution in [0.2, 0.25) is 18.1 Å². The summed E-state index contributed by atoms with van der Waals surface area (Å²) < 4.78 is 43.8. The molecule has 3 heterocycles. The summed E-state index contributed by atoms with van der Waals surface area (Å²) >= 11 is 0. The van der Waals surface area contributed by atoms with Crippen molar-refractivity contribution < 1.29 is 38.0 Å². The lowest BCUT2D eigenvalue weighted by Gasteiger charge is -2.39. The number of hydrogen-bond acceptors (Lipinski definition) is 8. The van der Waals surface area contributed by atoms with Gasteiger partial charge in [-0.25, -0.2) is 0 Å². The highest BCUT2D eigenvalue weighted by atomic mass is 28.4. The first kappa shape index (κ1) is 36.5. The monoisotopic (exact) mass is 640 g/mol. The molecule has 1 saturated carbocycles. The number of aliphatic hydroxyl groups excluding tert-OH is 1. The van der Waals surface area contributed by atoms with Gasteiger partial charge in [-0.3, -0.25) is 0 Å². The lowest BCUT2D eigenvalue weighted by atomic mass is 9.90. The quantitative estimate of drug-likeness (QED) is 0.106. The van der Waals surface area contributed by atoms with Crippen molar-refractivity contribution in [2.75, 3.05) is 33.0 Å². The van der Waals surface area contributed by atoms with E-state index >= 15 is 0 Å². The van der Waals surface area contributed by atoms with E-state index in [9.17, 15) is 5.11 Å². The van der Waals surface area contributed by atoms with Crippen LogP contribution in [0.1, 0.15) is 111 Å². The predicted molar refractivity (Wildman–Crippen MR) is 175 cm³/mol. The van der Waals surface area contributed by atoms with E-state index in [1.165, 1.54) is 0 Å². The molecular weight excluding hydrogens is 576 g/mol. The molecular formula is C35H64O8Si. The summed E-state index contributed by atoms with van der Waals surface area (Å²) in [4.78, 5) is 0. The van der Waals surface area contributed by atoms with Gasteiger partial charge in [0.25, 0.3) is 0 Å². The number of hydrogen-bond donors (Lipinski definition) is 1. The molecule has 9 heteroatoms. The Bertz CT molecular complexity index is 814. The summed E-state index contributed by atoms with van der Waals surface area (Å²) in [6.07, 6.45) is 17.8. The smallest absolute Gasteiger partial charge is 0.191 e. The number of unbranched alkanes of at least 4 members (excludes halogenated alkanes) is 1. The van der Waals surface area contributed by atoms with Crippen molar-refractivity contribution in [2.24, 2.45) is 11.8 Å².